The van der Waals surface area contributed by atoms with Crippen molar-refractivity contribution >= 4 is 22.6 Å². The topological polar surface area (TPSA) is 68.5 Å². The van der Waals surface area contributed by atoms with Gasteiger partial charge in [0.1, 0.15) is 11.3 Å². The lowest BCUT2D eigenvalue weighted by atomic mass is 10.2. The molecule has 5 heteroatoms. The molecule has 0 radical (unpaired) electrons. The molecule has 0 saturated carbocycles. The fourth-order valence-electron chi connectivity index (χ4n) is 2.60. The molecule has 3 rings (SSSR count). The van der Waals surface area contributed by atoms with E-state index in [-0.39, 0.29) is 5.91 Å². The van der Waals surface area contributed by atoms with Crippen LogP contribution >= 0.6 is 0 Å². The summed E-state index contributed by atoms with van der Waals surface area (Å²) >= 11 is 0. The molecule has 1 amide bonds. The Hall–Kier alpha value is -3.08. The molecule has 1 heterocycles. The highest BCUT2D eigenvalue weighted by molar-refractivity contribution is 6.05. The van der Waals surface area contributed by atoms with E-state index < -0.39 is 5.63 Å². The van der Waals surface area contributed by atoms with Crippen LogP contribution in [0.3, 0.4) is 0 Å². The van der Waals surface area contributed by atoms with E-state index in [2.05, 4.69) is 12.2 Å². The van der Waals surface area contributed by atoms with Gasteiger partial charge in [-0.05, 0) is 55.0 Å². The van der Waals surface area contributed by atoms with Gasteiger partial charge in [-0.2, -0.15) is 0 Å². The first-order valence-electron chi connectivity index (χ1n) is 8.74. The molecule has 1 aromatic heterocycles. The van der Waals surface area contributed by atoms with Gasteiger partial charge in [0.05, 0.1) is 6.61 Å². The number of nitrogens with one attached hydrogen (secondary N) is 1. The molecule has 0 fully saturated rings. The van der Waals surface area contributed by atoms with Gasteiger partial charge >= 0.3 is 5.63 Å². The summed E-state index contributed by atoms with van der Waals surface area (Å²) < 4.78 is 10.7. The van der Waals surface area contributed by atoms with Crippen LogP contribution in [-0.4, -0.2) is 12.5 Å². The Bertz CT molecular complexity index is 944. The average molecular weight is 351 g/mol. The second kappa shape index (κ2) is 8.34. The van der Waals surface area contributed by atoms with Crippen molar-refractivity contribution in [1.82, 2.24) is 0 Å². The zero-order chi connectivity index (χ0) is 18.4. The first-order valence-corrected chi connectivity index (χ1v) is 8.74. The molecule has 134 valence electrons. The molecule has 0 spiro atoms. The number of rotatable bonds is 7. The van der Waals surface area contributed by atoms with Crippen LogP contribution in [0.1, 0.15) is 36.5 Å². The minimum absolute atomic E-state index is 0.209. The zero-order valence-corrected chi connectivity index (χ0v) is 14.7. The van der Waals surface area contributed by atoms with Crippen LogP contribution in [0.5, 0.6) is 5.75 Å². The fraction of sp³-hybridized carbons (Fsp3) is 0.238. The molecule has 0 unspecified atom stereocenters. The standard InChI is InChI=1S/C21H21NO4/c1-2-3-4-13-25-18-9-5-15(6-10-18)21(24)22-17-8-11-19-16(14-17)7-12-20(23)26-19/h5-12,14H,2-4,13H2,1H3,(H,22,24). The van der Waals surface area contributed by atoms with Gasteiger partial charge in [0.2, 0.25) is 0 Å². The van der Waals surface area contributed by atoms with E-state index in [4.69, 9.17) is 9.15 Å². The van der Waals surface area contributed by atoms with Crippen LogP contribution in [0.2, 0.25) is 0 Å². The molecule has 0 saturated heterocycles. The van der Waals surface area contributed by atoms with E-state index >= 15 is 0 Å². The highest BCUT2D eigenvalue weighted by atomic mass is 16.5. The third kappa shape index (κ3) is 4.51. The predicted octanol–water partition coefficient (Wildman–Crippen LogP) is 4.61. The van der Waals surface area contributed by atoms with E-state index in [1.807, 2.05) is 0 Å². The number of ether oxygens (including phenoxy) is 1. The summed E-state index contributed by atoms with van der Waals surface area (Å²) in [6, 6.07) is 15.2. The van der Waals surface area contributed by atoms with Crippen molar-refractivity contribution in [2.24, 2.45) is 0 Å². The summed E-state index contributed by atoms with van der Waals surface area (Å²) in [4.78, 5) is 23.6. The van der Waals surface area contributed by atoms with Gasteiger partial charge in [0.25, 0.3) is 5.91 Å². The monoisotopic (exact) mass is 351 g/mol. The van der Waals surface area contributed by atoms with Crippen molar-refractivity contribution in [2.45, 2.75) is 26.2 Å². The Kier molecular flexibility index (Phi) is 5.69. The van der Waals surface area contributed by atoms with Crippen molar-refractivity contribution in [3.8, 4) is 5.75 Å². The molecule has 2 aromatic carbocycles. The molecular formula is C21H21NO4. The summed E-state index contributed by atoms with van der Waals surface area (Å²) in [5, 5.41) is 3.59. The fourth-order valence-corrected chi connectivity index (χ4v) is 2.60. The Morgan fingerprint density at radius 2 is 1.85 bits per heavy atom. The summed E-state index contributed by atoms with van der Waals surface area (Å²) in [6.07, 6.45) is 3.33. The summed E-state index contributed by atoms with van der Waals surface area (Å²) in [5.41, 5.74) is 1.27. The van der Waals surface area contributed by atoms with Crippen LogP contribution in [0.4, 0.5) is 5.69 Å². The van der Waals surface area contributed by atoms with Gasteiger partial charge in [-0.1, -0.05) is 19.8 Å². The molecule has 0 aliphatic heterocycles. The number of carbonyl (C=O) groups is 1. The predicted molar refractivity (Wildman–Crippen MR) is 102 cm³/mol. The number of fused-ring (bicyclic) bond motifs is 1. The SMILES string of the molecule is CCCCCOc1ccc(C(=O)Nc2ccc3oc(=O)ccc3c2)cc1. The molecule has 0 aliphatic rings. The van der Waals surface area contributed by atoms with E-state index in [0.717, 1.165) is 30.4 Å². The van der Waals surface area contributed by atoms with Crippen LogP contribution in [0, 0.1) is 0 Å². The summed E-state index contributed by atoms with van der Waals surface area (Å²) in [7, 11) is 0. The number of carbonyl (C=O) groups excluding carboxylic acids is 1. The highest BCUT2D eigenvalue weighted by Crippen LogP contribution is 2.19. The minimum Gasteiger partial charge on any atom is -0.494 e. The number of hydrogen-bond acceptors (Lipinski definition) is 4. The summed E-state index contributed by atoms with van der Waals surface area (Å²) in [5.74, 6) is 0.553. The van der Waals surface area contributed by atoms with E-state index in [1.165, 1.54) is 6.07 Å². The maximum Gasteiger partial charge on any atom is 0.336 e. The van der Waals surface area contributed by atoms with Crippen molar-refractivity contribution in [3.05, 3.63) is 70.6 Å². The van der Waals surface area contributed by atoms with E-state index in [9.17, 15) is 9.59 Å². The van der Waals surface area contributed by atoms with Crippen molar-refractivity contribution in [1.29, 1.82) is 0 Å². The van der Waals surface area contributed by atoms with Gasteiger partial charge in [-0.3, -0.25) is 4.79 Å². The minimum atomic E-state index is -0.397. The number of hydrogen-bond donors (Lipinski definition) is 1. The number of anilines is 1. The first kappa shape index (κ1) is 17.7. The van der Waals surface area contributed by atoms with Crippen molar-refractivity contribution in [3.63, 3.8) is 0 Å². The maximum absolute atomic E-state index is 12.4. The number of benzene rings is 2. The lowest BCUT2D eigenvalue weighted by Gasteiger charge is -2.08. The smallest absolute Gasteiger partial charge is 0.336 e. The molecule has 0 aliphatic carbocycles. The van der Waals surface area contributed by atoms with Crippen LogP contribution < -0.4 is 15.7 Å². The third-order valence-electron chi connectivity index (χ3n) is 4.01. The molecule has 26 heavy (non-hydrogen) atoms. The van der Waals surface area contributed by atoms with Crippen molar-refractivity contribution < 1.29 is 13.9 Å². The number of amides is 1. The molecule has 0 bridgehead atoms. The Morgan fingerprint density at radius 3 is 2.62 bits per heavy atom. The lowest BCUT2D eigenvalue weighted by molar-refractivity contribution is 0.102. The zero-order valence-electron chi connectivity index (χ0n) is 14.7. The van der Waals surface area contributed by atoms with Gasteiger partial charge in [0.15, 0.2) is 0 Å². The Balaban J connectivity index is 1.64. The van der Waals surface area contributed by atoms with Crippen molar-refractivity contribution in [2.75, 3.05) is 11.9 Å². The highest BCUT2D eigenvalue weighted by Gasteiger charge is 2.07. The second-order valence-electron chi connectivity index (χ2n) is 6.04. The number of unbranched alkanes of at least 4 members (excludes halogenated alkanes) is 2. The maximum atomic E-state index is 12.4. The first-order chi connectivity index (χ1) is 12.7. The van der Waals surface area contributed by atoms with E-state index in [0.29, 0.717) is 23.4 Å². The van der Waals surface area contributed by atoms with Gasteiger partial charge in [-0.15, -0.1) is 0 Å². The average Bonchev–Trinajstić information content (AvgIpc) is 2.66. The molecule has 0 atom stereocenters. The molecule has 5 nitrogen and oxygen atoms in total. The lowest BCUT2D eigenvalue weighted by Crippen LogP contribution is -2.11. The van der Waals surface area contributed by atoms with Gasteiger partial charge in [0, 0.05) is 22.7 Å². The van der Waals surface area contributed by atoms with Crippen LogP contribution in [0.25, 0.3) is 11.0 Å². The normalized spacial score (nSPS) is 10.7. The largest absolute Gasteiger partial charge is 0.494 e. The summed E-state index contributed by atoms with van der Waals surface area (Å²) in [6.45, 7) is 2.84. The molecule has 1 N–H and O–H groups in total. The third-order valence-corrected chi connectivity index (χ3v) is 4.01. The van der Waals surface area contributed by atoms with Crippen LogP contribution in [0.15, 0.2) is 63.8 Å². The Labute approximate surface area is 151 Å². The molecule has 3 aromatic rings. The van der Waals surface area contributed by atoms with E-state index in [1.54, 1.807) is 48.5 Å². The van der Waals surface area contributed by atoms with Gasteiger partial charge < -0.3 is 14.5 Å². The second-order valence-corrected chi connectivity index (χ2v) is 6.04. The van der Waals surface area contributed by atoms with Gasteiger partial charge in [-0.25, -0.2) is 4.79 Å². The quantitative estimate of drug-likeness (QED) is 0.498. The molecular weight excluding hydrogens is 330 g/mol. The Morgan fingerprint density at radius 1 is 1.04 bits per heavy atom. The van der Waals surface area contributed by atoms with Crippen LogP contribution in [-0.2, 0) is 0 Å².